The molecule has 84 valence electrons. The summed E-state index contributed by atoms with van der Waals surface area (Å²) in [5.41, 5.74) is 5.59. The molecule has 0 spiro atoms. The molecule has 1 fully saturated rings. The second-order valence-corrected chi connectivity index (χ2v) is 4.66. The molecule has 0 nitrogen and oxygen atoms in total. The molecule has 0 N–H and O–H groups in total. The fourth-order valence-corrected chi connectivity index (χ4v) is 2.46. The summed E-state index contributed by atoms with van der Waals surface area (Å²) in [7, 11) is 0. The van der Waals surface area contributed by atoms with Crippen molar-refractivity contribution >= 4 is 0 Å². The Morgan fingerprint density at radius 1 is 1.12 bits per heavy atom. The zero-order chi connectivity index (χ0) is 12.5. The number of hydrogen-bond acceptors (Lipinski definition) is 0. The fourth-order valence-electron chi connectivity index (χ4n) is 2.46. The molecule has 0 aromatic carbocycles. The van der Waals surface area contributed by atoms with Crippen molar-refractivity contribution in [1.82, 2.24) is 0 Å². The summed E-state index contributed by atoms with van der Waals surface area (Å²) in [5.74, 6) is 0. The Bertz CT molecular complexity index is 437. The number of allylic oxidation sites excluding steroid dienone is 8. The average Bonchev–Trinajstić information content (AvgIpc) is 2.38. The first-order valence-corrected chi connectivity index (χ1v) is 5.43. The van der Waals surface area contributed by atoms with Crippen molar-refractivity contribution in [2.45, 2.75) is 20.8 Å². The largest absolute Gasteiger partial charge is 0.0991 e. The van der Waals surface area contributed by atoms with Crippen LogP contribution in [-0.2, 0) is 0 Å². The highest BCUT2D eigenvalue weighted by atomic mass is 14.4. The second-order valence-electron chi connectivity index (χ2n) is 4.66. The van der Waals surface area contributed by atoms with Gasteiger partial charge in [0.1, 0.15) is 0 Å². The maximum absolute atomic E-state index is 4.13. The molecule has 0 bridgehead atoms. The van der Waals surface area contributed by atoms with Gasteiger partial charge < -0.3 is 0 Å². The smallest absolute Gasteiger partial charge is 0.0161 e. The van der Waals surface area contributed by atoms with Gasteiger partial charge in [-0.05, 0) is 34.8 Å². The molecule has 1 saturated carbocycles. The highest BCUT2D eigenvalue weighted by molar-refractivity contribution is 5.69. The Morgan fingerprint density at radius 3 is 2.12 bits per heavy atom. The Morgan fingerprint density at radius 2 is 1.69 bits per heavy atom. The third-order valence-electron chi connectivity index (χ3n) is 3.27. The molecule has 16 heavy (non-hydrogen) atoms. The summed E-state index contributed by atoms with van der Waals surface area (Å²) < 4.78 is 0. The molecule has 0 amide bonds. The van der Waals surface area contributed by atoms with Gasteiger partial charge in [0.05, 0.1) is 0 Å². The van der Waals surface area contributed by atoms with Gasteiger partial charge in [0.25, 0.3) is 0 Å². The van der Waals surface area contributed by atoms with Crippen LogP contribution >= 0.6 is 0 Å². The lowest BCUT2D eigenvalue weighted by Gasteiger charge is -2.23. The highest BCUT2D eigenvalue weighted by Gasteiger charge is 2.39. The van der Waals surface area contributed by atoms with Crippen LogP contribution in [0.5, 0.6) is 0 Å². The van der Waals surface area contributed by atoms with E-state index >= 15 is 0 Å². The quantitative estimate of drug-likeness (QED) is 0.619. The molecule has 0 aromatic heterocycles. The molecule has 0 heteroatoms. The van der Waals surface area contributed by atoms with Crippen LogP contribution in [0.4, 0.5) is 0 Å². The Kier molecular flexibility index (Phi) is 3.23. The average molecular weight is 212 g/mol. The van der Waals surface area contributed by atoms with E-state index < -0.39 is 0 Å². The third kappa shape index (κ3) is 1.65. The van der Waals surface area contributed by atoms with Gasteiger partial charge in [-0.15, -0.1) is 0 Å². The van der Waals surface area contributed by atoms with Crippen LogP contribution in [0.2, 0.25) is 0 Å². The van der Waals surface area contributed by atoms with Crippen LogP contribution in [0, 0.1) is 5.41 Å². The molecule has 0 atom stereocenters. The van der Waals surface area contributed by atoms with Crippen LogP contribution in [0.1, 0.15) is 20.8 Å². The van der Waals surface area contributed by atoms with Gasteiger partial charge in [-0.2, -0.15) is 0 Å². The second kappa shape index (κ2) is 4.13. The summed E-state index contributed by atoms with van der Waals surface area (Å²) in [5, 5.41) is 0. The van der Waals surface area contributed by atoms with Gasteiger partial charge in [-0.3, -0.25) is 0 Å². The summed E-state index contributed by atoms with van der Waals surface area (Å²) in [6.07, 6.45) is 5.71. The molecule has 1 aliphatic rings. The molecule has 0 radical (unpaired) electrons. The molecule has 1 rings (SSSR count). The first kappa shape index (κ1) is 12.5. The molecule has 0 heterocycles. The SMILES string of the molecule is C=C/C=C1\C(=C)C(=C)/C(=C(/C)C=C)C1(C)C. The monoisotopic (exact) mass is 212 g/mol. The zero-order valence-electron chi connectivity index (χ0n) is 10.6. The predicted octanol–water partition coefficient (Wildman–Crippen LogP) is 4.75. The lowest BCUT2D eigenvalue weighted by atomic mass is 9.80. The summed E-state index contributed by atoms with van der Waals surface area (Å²) in [4.78, 5) is 0. The Labute approximate surface area is 99.1 Å². The summed E-state index contributed by atoms with van der Waals surface area (Å²) in [6.45, 7) is 22.3. The van der Waals surface area contributed by atoms with E-state index in [2.05, 4.69) is 47.1 Å². The topological polar surface area (TPSA) is 0 Å². The van der Waals surface area contributed by atoms with Crippen LogP contribution in [0.3, 0.4) is 0 Å². The van der Waals surface area contributed by atoms with Crippen LogP contribution in [0.25, 0.3) is 0 Å². The van der Waals surface area contributed by atoms with Crippen molar-refractivity contribution in [2.24, 2.45) is 5.41 Å². The van der Waals surface area contributed by atoms with E-state index in [1.807, 2.05) is 18.2 Å². The zero-order valence-corrected chi connectivity index (χ0v) is 10.6. The van der Waals surface area contributed by atoms with Gasteiger partial charge in [-0.25, -0.2) is 0 Å². The Hall–Kier alpha value is -1.56. The minimum atomic E-state index is -0.0549. The van der Waals surface area contributed by atoms with Crippen molar-refractivity contribution in [3.8, 4) is 0 Å². The van der Waals surface area contributed by atoms with Gasteiger partial charge in [0.15, 0.2) is 0 Å². The van der Waals surface area contributed by atoms with Crippen molar-refractivity contribution in [1.29, 1.82) is 0 Å². The molecular formula is C16H20. The molecule has 0 unspecified atom stereocenters. The maximum Gasteiger partial charge on any atom is 0.0161 e. The standard InChI is InChI=1S/C16H20/c1-8-10-14-12(4)13(5)15(11(3)9-2)16(14,6)7/h8-10H,1-2,4-5H2,3,6-7H3/b14-10+,15-11+. The van der Waals surface area contributed by atoms with Crippen molar-refractivity contribution in [3.63, 3.8) is 0 Å². The van der Waals surface area contributed by atoms with Gasteiger partial charge in [0.2, 0.25) is 0 Å². The number of rotatable bonds is 2. The molecule has 1 aliphatic carbocycles. The summed E-state index contributed by atoms with van der Waals surface area (Å²) >= 11 is 0. The highest BCUT2D eigenvalue weighted by Crippen LogP contribution is 2.53. The molecule has 0 aromatic rings. The van der Waals surface area contributed by atoms with E-state index in [0.29, 0.717) is 0 Å². The fraction of sp³-hybridized carbons (Fsp3) is 0.250. The first-order chi connectivity index (χ1) is 7.37. The first-order valence-electron chi connectivity index (χ1n) is 5.43. The van der Waals surface area contributed by atoms with Crippen LogP contribution in [-0.4, -0.2) is 0 Å². The lowest BCUT2D eigenvalue weighted by molar-refractivity contribution is 0.579. The normalized spacial score (nSPS) is 24.8. The van der Waals surface area contributed by atoms with E-state index in [-0.39, 0.29) is 5.41 Å². The van der Waals surface area contributed by atoms with Crippen molar-refractivity contribution in [2.75, 3.05) is 0 Å². The van der Waals surface area contributed by atoms with E-state index in [1.54, 1.807) is 0 Å². The van der Waals surface area contributed by atoms with Gasteiger partial charge >= 0.3 is 0 Å². The van der Waals surface area contributed by atoms with E-state index in [0.717, 1.165) is 11.1 Å². The van der Waals surface area contributed by atoms with E-state index in [9.17, 15) is 0 Å². The van der Waals surface area contributed by atoms with E-state index in [4.69, 9.17) is 0 Å². The predicted molar refractivity (Wildman–Crippen MR) is 73.2 cm³/mol. The van der Waals surface area contributed by atoms with Crippen LogP contribution in [0.15, 0.2) is 72.4 Å². The van der Waals surface area contributed by atoms with Crippen molar-refractivity contribution in [3.05, 3.63) is 72.4 Å². The lowest BCUT2D eigenvalue weighted by Crippen LogP contribution is -2.12. The van der Waals surface area contributed by atoms with Crippen LogP contribution < -0.4 is 0 Å². The van der Waals surface area contributed by atoms with E-state index in [1.165, 1.54) is 16.7 Å². The minimum Gasteiger partial charge on any atom is -0.0991 e. The minimum absolute atomic E-state index is 0.0549. The molecular weight excluding hydrogens is 192 g/mol. The van der Waals surface area contributed by atoms with Gasteiger partial charge in [-0.1, -0.05) is 58.4 Å². The third-order valence-corrected chi connectivity index (χ3v) is 3.27. The molecule has 0 aliphatic heterocycles. The maximum atomic E-state index is 4.13. The molecule has 0 saturated heterocycles. The Balaban J connectivity index is 3.55. The van der Waals surface area contributed by atoms with Crippen molar-refractivity contribution < 1.29 is 0 Å². The van der Waals surface area contributed by atoms with Gasteiger partial charge in [0, 0.05) is 5.41 Å². The number of hydrogen-bond donors (Lipinski definition) is 0. The summed E-state index contributed by atoms with van der Waals surface area (Å²) in [6, 6.07) is 0.